The molecule has 4 bridgehead atoms. The second-order valence-electron chi connectivity index (χ2n) is 6.14. The topological polar surface area (TPSA) is 57.6 Å². The summed E-state index contributed by atoms with van der Waals surface area (Å²) in [6.45, 7) is 0. The van der Waals surface area contributed by atoms with Gasteiger partial charge in [0.15, 0.2) is 0 Å². The SMILES string of the molecule is CN(C(=O)C(=O)O)C1C2CC3CC(C2)CC1C3. The fraction of sp³-hybridized carbons (Fsp3) is 0.846. The third kappa shape index (κ3) is 1.65. The molecule has 0 heterocycles. The number of aliphatic carboxylic acids is 1. The summed E-state index contributed by atoms with van der Waals surface area (Å²) >= 11 is 0. The molecular formula is C13H19NO3. The highest BCUT2D eigenvalue weighted by Gasteiger charge is 2.50. The molecule has 4 aliphatic rings. The van der Waals surface area contributed by atoms with Crippen LogP contribution in [0.2, 0.25) is 0 Å². The smallest absolute Gasteiger partial charge is 0.394 e. The van der Waals surface area contributed by atoms with Crippen molar-refractivity contribution in [3.05, 3.63) is 0 Å². The summed E-state index contributed by atoms with van der Waals surface area (Å²) in [6.07, 6.45) is 6.18. The van der Waals surface area contributed by atoms with Crippen LogP contribution in [0.25, 0.3) is 0 Å². The third-order valence-electron chi connectivity index (χ3n) is 5.13. The van der Waals surface area contributed by atoms with Crippen LogP contribution in [0.5, 0.6) is 0 Å². The Kier molecular flexibility index (Phi) is 2.42. The van der Waals surface area contributed by atoms with Gasteiger partial charge in [-0.3, -0.25) is 4.79 Å². The number of carboxylic acid groups (broad SMARTS) is 1. The highest BCUT2D eigenvalue weighted by molar-refractivity contribution is 6.31. The predicted octanol–water partition coefficient (Wildman–Crippen LogP) is 1.35. The lowest BCUT2D eigenvalue weighted by Crippen LogP contribution is -2.57. The number of hydrogen-bond acceptors (Lipinski definition) is 2. The molecule has 4 heteroatoms. The van der Waals surface area contributed by atoms with E-state index in [0.29, 0.717) is 11.8 Å². The second kappa shape index (κ2) is 3.72. The molecular weight excluding hydrogens is 218 g/mol. The van der Waals surface area contributed by atoms with E-state index in [1.165, 1.54) is 37.0 Å². The van der Waals surface area contributed by atoms with Gasteiger partial charge < -0.3 is 10.0 Å². The second-order valence-corrected chi connectivity index (χ2v) is 6.14. The van der Waals surface area contributed by atoms with Gasteiger partial charge in [-0.1, -0.05) is 0 Å². The molecule has 0 saturated heterocycles. The molecule has 0 aliphatic heterocycles. The van der Waals surface area contributed by atoms with Crippen molar-refractivity contribution < 1.29 is 14.7 Å². The summed E-state index contributed by atoms with van der Waals surface area (Å²) in [5.74, 6) is 0.757. The van der Waals surface area contributed by atoms with Crippen LogP contribution in [0.1, 0.15) is 32.1 Å². The zero-order valence-electron chi connectivity index (χ0n) is 10.1. The molecule has 1 N–H and O–H groups in total. The molecule has 0 atom stereocenters. The van der Waals surface area contributed by atoms with E-state index in [-0.39, 0.29) is 6.04 Å². The monoisotopic (exact) mass is 237 g/mol. The molecule has 4 fully saturated rings. The van der Waals surface area contributed by atoms with Crippen LogP contribution in [0.3, 0.4) is 0 Å². The van der Waals surface area contributed by atoms with Crippen molar-refractivity contribution in [2.45, 2.75) is 38.1 Å². The first-order valence-electron chi connectivity index (χ1n) is 6.56. The molecule has 94 valence electrons. The van der Waals surface area contributed by atoms with E-state index in [9.17, 15) is 9.59 Å². The number of amides is 1. The van der Waals surface area contributed by atoms with Crippen molar-refractivity contribution in [3.63, 3.8) is 0 Å². The Labute approximate surface area is 101 Å². The number of rotatable bonds is 1. The van der Waals surface area contributed by atoms with E-state index in [4.69, 9.17) is 5.11 Å². The Bertz CT molecular complexity index is 338. The van der Waals surface area contributed by atoms with Crippen molar-refractivity contribution in [3.8, 4) is 0 Å². The van der Waals surface area contributed by atoms with Gasteiger partial charge in [-0.25, -0.2) is 4.79 Å². The minimum Gasteiger partial charge on any atom is -0.474 e. The van der Waals surface area contributed by atoms with E-state index < -0.39 is 11.9 Å². The maximum Gasteiger partial charge on any atom is 0.394 e. The van der Waals surface area contributed by atoms with Crippen LogP contribution in [-0.2, 0) is 9.59 Å². The number of carbonyl (C=O) groups is 2. The molecule has 4 rings (SSSR count). The Morgan fingerprint density at radius 1 is 1.00 bits per heavy atom. The van der Waals surface area contributed by atoms with E-state index >= 15 is 0 Å². The van der Waals surface area contributed by atoms with Crippen LogP contribution >= 0.6 is 0 Å². The largest absolute Gasteiger partial charge is 0.474 e. The lowest BCUT2D eigenvalue weighted by molar-refractivity contribution is -0.160. The molecule has 0 aromatic carbocycles. The standard InChI is InChI=1S/C13H19NO3/c1-14(12(15)13(16)17)11-9-3-7-2-8(5-9)6-10(11)4-7/h7-11H,2-6H2,1H3,(H,16,17). The van der Waals surface area contributed by atoms with Crippen LogP contribution < -0.4 is 0 Å². The van der Waals surface area contributed by atoms with Crippen LogP contribution in [0.4, 0.5) is 0 Å². The lowest BCUT2D eigenvalue weighted by atomic mass is 9.54. The first kappa shape index (κ1) is 11.1. The van der Waals surface area contributed by atoms with Crippen molar-refractivity contribution in [2.75, 3.05) is 7.05 Å². The number of hydrogen-bond donors (Lipinski definition) is 1. The van der Waals surface area contributed by atoms with Gasteiger partial charge >= 0.3 is 11.9 Å². The first-order chi connectivity index (χ1) is 8.06. The Hall–Kier alpha value is -1.06. The Balaban J connectivity index is 1.80. The highest BCUT2D eigenvalue weighted by Crippen LogP contribution is 2.54. The van der Waals surface area contributed by atoms with Crippen LogP contribution in [0.15, 0.2) is 0 Å². The van der Waals surface area contributed by atoms with E-state index in [1.54, 1.807) is 7.05 Å². The minimum atomic E-state index is -1.32. The van der Waals surface area contributed by atoms with Crippen LogP contribution in [0, 0.1) is 23.7 Å². The Morgan fingerprint density at radius 2 is 1.47 bits per heavy atom. The van der Waals surface area contributed by atoms with Gasteiger partial charge in [-0.05, 0) is 55.8 Å². The van der Waals surface area contributed by atoms with Gasteiger partial charge in [0.1, 0.15) is 0 Å². The summed E-state index contributed by atoms with van der Waals surface area (Å²) in [5.41, 5.74) is 0. The van der Waals surface area contributed by atoms with E-state index in [0.717, 1.165) is 11.8 Å². The summed E-state index contributed by atoms with van der Waals surface area (Å²) in [5, 5.41) is 8.82. The number of carbonyl (C=O) groups excluding carboxylic acids is 1. The van der Waals surface area contributed by atoms with Crippen molar-refractivity contribution >= 4 is 11.9 Å². The summed E-state index contributed by atoms with van der Waals surface area (Å²) in [4.78, 5) is 23.9. The minimum absolute atomic E-state index is 0.186. The molecule has 0 aromatic heterocycles. The number of carboxylic acids is 1. The average Bonchev–Trinajstić information content (AvgIpc) is 2.26. The fourth-order valence-corrected chi connectivity index (χ4v) is 4.82. The average molecular weight is 237 g/mol. The Morgan fingerprint density at radius 3 is 1.88 bits per heavy atom. The zero-order chi connectivity index (χ0) is 12.2. The van der Waals surface area contributed by atoms with Gasteiger partial charge in [-0.15, -0.1) is 0 Å². The molecule has 0 unspecified atom stereocenters. The van der Waals surface area contributed by atoms with Crippen LogP contribution in [-0.4, -0.2) is 35.0 Å². The zero-order valence-corrected chi connectivity index (χ0v) is 10.1. The molecule has 4 saturated carbocycles. The summed E-state index contributed by atoms with van der Waals surface area (Å²) < 4.78 is 0. The molecule has 1 amide bonds. The van der Waals surface area contributed by atoms with E-state index in [2.05, 4.69) is 0 Å². The third-order valence-corrected chi connectivity index (χ3v) is 5.13. The molecule has 0 spiro atoms. The quantitative estimate of drug-likeness (QED) is 0.700. The normalized spacial score (nSPS) is 42.5. The van der Waals surface area contributed by atoms with Gasteiger partial charge in [0.25, 0.3) is 0 Å². The van der Waals surface area contributed by atoms with Gasteiger partial charge in [0.2, 0.25) is 0 Å². The van der Waals surface area contributed by atoms with Gasteiger partial charge in [-0.2, -0.15) is 0 Å². The molecule has 4 nitrogen and oxygen atoms in total. The highest BCUT2D eigenvalue weighted by atomic mass is 16.4. The molecule has 17 heavy (non-hydrogen) atoms. The maximum atomic E-state index is 11.6. The fourth-order valence-electron chi connectivity index (χ4n) is 4.82. The lowest BCUT2D eigenvalue weighted by Gasteiger charge is -2.56. The molecule has 0 aromatic rings. The molecule has 0 radical (unpaired) electrons. The van der Waals surface area contributed by atoms with E-state index in [1.807, 2.05) is 0 Å². The maximum absolute atomic E-state index is 11.6. The number of likely N-dealkylation sites (N-methyl/N-ethyl adjacent to an activating group) is 1. The van der Waals surface area contributed by atoms with Gasteiger partial charge in [0.05, 0.1) is 0 Å². The predicted molar refractivity (Wildman–Crippen MR) is 61.2 cm³/mol. The summed E-state index contributed by atoms with van der Waals surface area (Å²) in [6, 6.07) is 0.186. The molecule has 4 aliphatic carbocycles. The summed E-state index contributed by atoms with van der Waals surface area (Å²) in [7, 11) is 1.67. The van der Waals surface area contributed by atoms with Crippen molar-refractivity contribution in [1.29, 1.82) is 0 Å². The van der Waals surface area contributed by atoms with Crippen molar-refractivity contribution in [1.82, 2.24) is 4.90 Å². The van der Waals surface area contributed by atoms with Crippen molar-refractivity contribution in [2.24, 2.45) is 23.7 Å². The van der Waals surface area contributed by atoms with Gasteiger partial charge in [0, 0.05) is 13.1 Å². The number of nitrogens with zero attached hydrogens (tertiary/aromatic N) is 1. The first-order valence-corrected chi connectivity index (χ1v) is 6.56.